The molecule has 4 unspecified atom stereocenters. The van der Waals surface area contributed by atoms with Crippen molar-refractivity contribution in [3.63, 3.8) is 0 Å². The zero-order valence-corrected chi connectivity index (χ0v) is 10.8. The minimum atomic E-state index is 0.374. The molecule has 0 aromatic heterocycles. The van der Waals surface area contributed by atoms with Crippen molar-refractivity contribution in [3.05, 3.63) is 0 Å². The first-order valence-electron chi connectivity index (χ1n) is 7.20. The molecule has 4 fully saturated rings. The second-order valence-electron chi connectivity index (χ2n) is 7.58. The van der Waals surface area contributed by atoms with Crippen LogP contribution >= 0.6 is 0 Å². The van der Waals surface area contributed by atoms with E-state index in [1.165, 1.54) is 25.7 Å². The van der Waals surface area contributed by atoms with Crippen molar-refractivity contribution < 1.29 is 4.74 Å². The van der Waals surface area contributed by atoms with E-state index in [1.54, 1.807) is 0 Å². The van der Waals surface area contributed by atoms with Gasteiger partial charge in [-0.3, -0.25) is 0 Å². The predicted octanol–water partition coefficient (Wildman–Crippen LogP) is 3.48. The van der Waals surface area contributed by atoms with Crippen molar-refractivity contribution in [1.82, 2.24) is 0 Å². The van der Waals surface area contributed by atoms with Crippen LogP contribution < -0.4 is 0 Å². The second-order valence-corrected chi connectivity index (χ2v) is 7.58. The molecule has 4 aliphatic rings. The Morgan fingerprint density at radius 3 is 2.50 bits per heavy atom. The summed E-state index contributed by atoms with van der Waals surface area (Å²) in [5.74, 6) is 4.91. The lowest BCUT2D eigenvalue weighted by Crippen LogP contribution is -2.30. The van der Waals surface area contributed by atoms with Crippen LogP contribution in [0.5, 0.6) is 0 Å². The van der Waals surface area contributed by atoms with Crippen LogP contribution in [0.25, 0.3) is 0 Å². The smallest absolute Gasteiger partial charge is 0.0947 e. The van der Waals surface area contributed by atoms with Crippen molar-refractivity contribution >= 4 is 0 Å². The third kappa shape index (κ3) is 1.02. The maximum atomic E-state index is 5.92. The molecule has 90 valence electrons. The number of rotatable bonds is 0. The molecule has 1 spiro atoms. The molecule has 1 aliphatic heterocycles. The fourth-order valence-electron chi connectivity index (χ4n) is 5.58. The molecule has 16 heavy (non-hydrogen) atoms. The van der Waals surface area contributed by atoms with Gasteiger partial charge in [-0.1, -0.05) is 27.2 Å². The van der Waals surface area contributed by atoms with Gasteiger partial charge in [0.2, 0.25) is 0 Å². The Hall–Kier alpha value is -0.0400. The monoisotopic (exact) mass is 220 g/mol. The Labute approximate surface area is 98.9 Å². The molecule has 1 nitrogen and oxygen atoms in total. The van der Waals surface area contributed by atoms with E-state index in [2.05, 4.69) is 20.8 Å². The Kier molecular flexibility index (Phi) is 1.67. The highest BCUT2D eigenvalue weighted by Crippen LogP contribution is 2.72. The number of hydrogen-bond donors (Lipinski definition) is 0. The van der Waals surface area contributed by atoms with Crippen molar-refractivity contribution in [2.45, 2.75) is 52.1 Å². The molecule has 3 aliphatic carbocycles. The molecule has 1 heteroatoms. The van der Waals surface area contributed by atoms with Gasteiger partial charge in [0, 0.05) is 0 Å². The third-order valence-electron chi connectivity index (χ3n) is 6.68. The van der Waals surface area contributed by atoms with Gasteiger partial charge in [-0.2, -0.15) is 0 Å². The number of fused-ring (bicyclic) bond motifs is 4. The minimum Gasteiger partial charge on any atom is -0.369 e. The van der Waals surface area contributed by atoms with E-state index in [9.17, 15) is 0 Å². The summed E-state index contributed by atoms with van der Waals surface area (Å²) in [6, 6.07) is 0. The lowest BCUT2D eigenvalue weighted by molar-refractivity contribution is 0.141. The fourth-order valence-corrected chi connectivity index (χ4v) is 5.58. The van der Waals surface area contributed by atoms with E-state index in [4.69, 9.17) is 4.74 Å². The topological polar surface area (TPSA) is 12.5 Å². The van der Waals surface area contributed by atoms with E-state index in [1.807, 2.05) is 0 Å². The highest BCUT2D eigenvalue weighted by Gasteiger charge is 2.70. The van der Waals surface area contributed by atoms with Crippen LogP contribution in [0.15, 0.2) is 0 Å². The average molecular weight is 220 g/mol. The second kappa shape index (κ2) is 2.68. The van der Waals surface area contributed by atoms with Gasteiger partial charge in [-0.05, 0) is 54.3 Å². The molecule has 0 N–H and O–H groups in total. The fraction of sp³-hybridized carbons (Fsp3) is 1.00. The Morgan fingerprint density at radius 1 is 1.06 bits per heavy atom. The first-order chi connectivity index (χ1) is 7.56. The quantitative estimate of drug-likeness (QED) is 0.569. The van der Waals surface area contributed by atoms with Crippen molar-refractivity contribution in [2.75, 3.05) is 6.61 Å². The molecule has 6 atom stereocenters. The number of epoxide rings is 1. The molecule has 1 heterocycles. The van der Waals surface area contributed by atoms with Crippen molar-refractivity contribution in [3.8, 4) is 0 Å². The van der Waals surface area contributed by atoms with Crippen molar-refractivity contribution in [1.29, 1.82) is 0 Å². The average Bonchev–Trinajstić information content (AvgIpc) is 3.07. The van der Waals surface area contributed by atoms with E-state index in [0.29, 0.717) is 11.0 Å². The zero-order valence-electron chi connectivity index (χ0n) is 10.8. The van der Waals surface area contributed by atoms with Gasteiger partial charge in [-0.15, -0.1) is 0 Å². The standard InChI is InChI=1S/C15H24O/c1-9-4-5-10-12(9)13-11(14(13,2)3)6-7-15(10)8-16-15/h9-13H,4-8H2,1-3H3/t9?,10?,11-,12?,13-,15?/m0/s1. The highest BCUT2D eigenvalue weighted by atomic mass is 16.6. The molecule has 4 rings (SSSR count). The summed E-state index contributed by atoms with van der Waals surface area (Å²) in [6.07, 6.45) is 5.72. The van der Waals surface area contributed by atoms with E-state index in [-0.39, 0.29) is 0 Å². The summed E-state index contributed by atoms with van der Waals surface area (Å²) >= 11 is 0. The predicted molar refractivity (Wildman–Crippen MR) is 64.1 cm³/mol. The van der Waals surface area contributed by atoms with Crippen LogP contribution in [0.2, 0.25) is 0 Å². The van der Waals surface area contributed by atoms with Crippen LogP contribution in [-0.4, -0.2) is 12.2 Å². The van der Waals surface area contributed by atoms with Gasteiger partial charge in [0.05, 0.1) is 12.2 Å². The Bertz CT molecular complexity index is 328. The van der Waals surface area contributed by atoms with E-state index >= 15 is 0 Å². The van der Waals surface area contributed by atoms with Crippen LogP contribution in [0.3, 0.4) is 0 Å². The molecular weight excluding hydrogens is 196 g/mol. The largest absolute Gasteiger partial charge is 0.369 e. The van der Waals surface area contributed by atoms with Crippen LogP contribution in [0.4, 0.5) is 0 Å². The summed E-state index contributed by atoms with van der Waals surface area (Å²) in [6.45, 7) is 8.60. The molecule has 1 saturated heterocycles. The maximum Gasteiger partial charge on any atom is 0.0947 e. The van der Waals surface area contributed by atoms with E-state index in [0.717, 1.165) is 36.2 Å². The van der Waals surface area contributed by atoms with Crippen molar-refractivity contribution in [2.24, 2.45) is 35.0 Å². The number of ether oxygens (including phenoxy) is 1. The van der Waals surface area contributed by atoms with Crippen LogP contribution in [0.1, 0.15) is 46.5 Å². The molecule has 0 bridgehead atoms. The van der Waals surface area contributed by atoms with Gasteiger partial charge in [0.25, 0.3) is 0 Å². The minimum absolute atomic E-state index is 0.374. The van der Waals surface area contributed by atoms with Gasteiger partial charge in [0.1, 0.15) is 0 Å². The normalized spacial score (nSPS) is 61.3. The van der Waals surface area contributed by atoms with Gasteiger partial charge >= 0.3 is 0 Å². The SMILES string of the molecule is CC1CCC2C1[C@@H]1[C@H](CCC23CO3)C1(C)C. The highest BCUT2D eigenvalue weighted by molar-refractivity contribution is 5.18. The molecule has 0 amide bonds. The lowest BCUT2D eigenvalue weighted by Gasteiger charge is -2.28. The molecule has 3 saturated carbocycles. The third-order valence-corrected chi connectivity index (χ3v) is 6.68. The van der Waals surface area contributed by atoms with Gasteiger partial charge < -0.3 is 4.74 Å². The summed E-state index contributed by atoms with van der Waals surface area (Å²) in [5, 5.41) is 0. The van der Waals surface area contributed by atoms with E-state index < -0.39 is 0 Å². The molecular formula is C15H24O. The van der Waals surface area contributed by atoms with Crippen LogP contribution in [-0.2, 0) is 4.74 Å². The van der Waals surface area contributed by atoms with Gasteiger partial charge in [-0.25, -0.2) is 0 Å². The Morgan fingerprint density at radius 2 is 1.81 bits per heavy atom. The lowest BCUT2D eigenvalue weighted by atomic mass is 9.76. The first kappa shape index (κ1) is 9.94. The Balaban J connectivity index is 1.71. The maximum absolute atomic E-state index is 5.92. The van der Waals surface area contributed by atoms with Crippen LogP contribution in [0, 0.1) is 35.0 Å². The summed E-state index contributed by atoms with van der Waals surface area (Å²) in [4.78, 5) is 0. The number of hydrogen-bond acceptors (Lipinski definition) is 1. The zero-order chi connectivity index (χ0) is 11.1. The molecule has 0 radical (unpaired) electrons. The summed E-state index contributed by atoms with van der Waals surface area (Å²) in [7, 11) is 0. The molecule has 0 aromatic rings. The summed E-state index contributed by atoms with van der Waals surface area (Å²) in [5.41, 5.74) is 1.02. The molecule has 0 aromatic carbocycles. The van der Waals surface area contributed by atoms with Gasteiger partial charge in [0.15, 0.2) is 0 Å². The summed E-state index contributed by atoms with van der Waals surface area (Å²) < 4.78 is 5.92. The first-order valence-corrected chi connectivity index (χ1v) is 7.20.